The van der Waals surface area contributed by atoms with Gasteiger partial charge in [-0.2, -0.15) is 0 Å². The first-order chi connectivity index (χ1) is 10.1. The number of carbonyl (C=O) groups excluding carboxylic acids is 1. The molecule has 108 valence electrons. The Balaban J connectivity index is 2.46. The van der Waals surface area contributed by atoms with Crippen molar-refractivity contribution < 1.29 is 15.0 Å². The van der Waals surface area contributed by atoms with E-state index in [0.717, 1.165) is 0 Å². The third-order valence-electron chi connectivity index (χ3n) is 3.39. The van der Waals surface area contributed by atoms with E-state index in [2.05, 4.69) is 6.58 Å². The topological polar surface area (TPSA) is 57.5 Å². The summed E-state index contributed by atoms with van der Waals surface area (Å²) in [7, 11) is 0. The molecule has 0 radical (unpaired) electrons. The molecule has 3 heteroatoms. The summed E-state index contributed by atoms with van der Waals surface area (Å²) in [5.74, 6) is -0.399. The predicted octanol–water partition coefficient (Wildman–Crippen LogP) is 2.70. The van der Waals surface area contributed by atoms with Crippen molar-refractivity contribution in [1.82, 2.24) is 0 Å². The van der Waals surface area contributed by atoms with E-state index in [1.807, 2.05) is 12.1 Å². The number of ketones is 1. The molecule has 0 aliphatic carbocycles. The van der Waals surface area contributed by atoms with E-state index in [1.54, 1.807) is 48.5 Å². The van der Waals surface area contributed by atoms with E-state index < -0.39 is 11.4 Å². The van der Waals surface area contributed by atoms with Crippen LogP contribution in [0, 0.1) is 0 Å². The van der Waals surface area contributed by atoms with Gasteiger partial charge in [-0.3, -0.25) is 4.79 Å². The molecule has 2 aromatic carbocycles. The van der Waals surface area contributed by atoms with Gasteiger partial charge in [0.15, 0.2) is 11.4 Å². The van der Waals surface area contributed by atoms with Gasteiger partial charge >= 0.3 is 0 Å². The number of carbonyl (C=O) groups is 1. The van der Waals surface area contributed by atoms with Crippen LogP contribution in [0.4, 0.5) is 0 Å². The van der Waals surface area contributed by atoms with Crippen molar-refractivity contribution in [1.29, 1.82) is 0 Å². The van der Waals surface area contributed by atoms with Crippen molar-refractivity contribution in [2.24, 2.45) is 0 Å². The van der Waals surface area contributed by atoms with Crippen molar-refractivity contribution in [2.45, 2.75) is 12.0 Å². The first kappa shape index (κ1) is 15.2. The van der Waals surface area contributed by atoms with E-state index >= 15 is 0 Å². The van der Waals surface area contributed by atoms with Crippen molar-refractivity contribution >= 4 is 5.78 Å². The highest BCUT2D eigenvalue weighted by Crippen LogP contribution is 2.31. The standard InChI is InChI=1S/C18H18O3/c1-14(13-19)12-18(21,16-10-6-3-7-11-16)17(20)15-8-4-2-5-9-15/h2-11,19,21H,1,12-13H2. The van der Waals surface area contributed by atoms with Crippen molar-refractivity contribution in [3.63, 3.8) is 0 Å². The highest BCUT2D eigenvalue weighted by Gasteiger charge is 2.38. The summed E-state index contributed by atoms with van der Waals surface area (Å²) >= 11 is 0. The van der Waals surface area contributed by atoms with E-state index in [0.29, 0.717) is 16.7 Å². The molecule has 0 fully saturated rings. The van der Waals surface area contributed by atoms with Crippen LogP contribution in [-0.4, -0.2) is 22.6 Å². The first-order valence-electron chi connectivity index (χ1n) is 6.73. The van der Waals surface area contributed by atoms with Gasteiger partial charge in [0, 0.05) is 12.0 Å². The van der Waals surface area contributed by atoms with Crippen LogP contribution in [0.1, 0.15) is 22.3 Å². The number of hydrogen-bond donors (Lipinski definition) is 2. The smallest absolute Gasteiger partial charge is 0.199 e. The molecule has 21 heavy (non-hydrogen) atoms. The van der Waals surface area contributed by atoms with Gasteiger partial charge in [0.2, 0.25) is 0 Å². The van der Waals surface area contributed by atoms with E-state index in [-0.39, 0.29) is 13.0 Å². The number of aliphatic hydroxyl groups is 2. The Bertz CT molecular complexity index is 619. The summed E-state index contributed by atoms with van der Waals surface area (Å²) < 4.78 is 0. The fraction of sp³-hybridized carbons (Fsp3) is 0.167. The third kappa shape index (κ3) is 3.27. The highest BCUT2D eigenvalue weighted by molar-refractivity contribution is 6.03. The molecule has 1 atom stereocenters. The van der Waals surface area contributed by atoms with Crippen molar-refractivity contribution in [3.05, 3.63) is 83.9 Å². The third-order valence-corrected chi connectivity index (χ3v) is 3.39. The molecule has 0 amide bonds. The zero-order valence-corrected chi connectivity index (χ0v) is 11.7. The van der Waals surface area contributed by atoms with Crippen LogP contribution in [0.15, 0.2) is 72.8 Å². The molecule has 2 N–H and O–H groups in total. The second kappa shape index (κ2) is 6.48. The Morgan fingerprint density at radius 1 is 1.00 bits per heavy atom. The van der Waals surface area contributed by atoms with Crippen molar-refractivity contribution in [3.8, 4) is 0 Å². The Hall–Kier alpha value is -2.23. The lowest BCUT2D eigenvalue weighted by Gasteiger charge is -2.28. The van der Waals surface area contributed by atoms with Crippen LogP contribution in [0.2, 0.25) is 0 Å². The van der Waals surface area contributed by atoms with Crippen LogP contribution in [0.25, 0.3) is 0 Å². The highest BCUT2D eigenvalue weighted by atomic mass is 16.3. The van der Waals surface area contributed by atoms with Gasteiger partial charge < -0.3 is 10.2 Å². The zero-order valence-electron chi connectivity index (χ0n) is 11.7. The van der Waals surface area contributed by atoms with Crippen LogP contribution in [0.3, 0.4) is 0 Å². The molecule has 3 nitrogen and oxygen atoms in total. The lowest BCUT2D eigenvalue weighted by molar-refractivity contribution is 0.0287. The molecule has 2 rings (SSSR count). The van der Waals surface area contributed by atoms with Crippen LogP contribution in [0.5, 0.6) is 0 Å². The second-order valence-electron chi connectivity index (χ2n) is 5.01. The molecule has 0 spiro atoms. The van der Waals surface area contributed by atoms with Gasteiger partial charge in [-0.05, 0) is 11.1 Å². The van der Waals surface area contributed by atoms with Gasteiger partial charge in [-0.1, -0.05) is 67.2 Å². The second-order valence-corrected chi connectivity index (χ2v) is 5.01. The van der Waals surface area contributed by atoms with Crippen molar-refractivity contribution in [2.75, 3.05) is 6.61 Å². The maximum Gasteiger partial charge on any atom is 0.199 e. The molecule has 0 aliphatic rings. The maximum atomic E-state index is 12.7. The Morgan fingerprint density at radius 2 is 1.52 bits per heavy atom. The van der Waals surface area contributed by atoms with Crippen LogP contribution < -0.4 is 0 Å². The monoisotopic (exact) mass is 282 g/mol. The molecular weight excluding hydrogens is 264 g/mol. The molecule has 0 heterocycles. The summed E-state index contributed by atoms with van der Waals surface area (Å²) in [4.78, 5) is 12.7. The van der Waals surface area contributed by atoms with Crippen LogP contribution in [-0.2, 0) is 5.60 Å². The zero-order chi connectivity index (χ0) is 15.3. The summed E-state index contributed by atoms with van der Waals surface area (Å²) in [6.07, 6.45) is -0.0127. The lowest BCUT2D eigenvalue weighted by Crippen LogP contribution is -2.36. The molecule has 0 bridgehead atoms. The number of aliphatic hydroxyl groups excluding tert-OH is 1. The van der Waals surface area contributed by atoms with Crippen LogP contribution >= 0.6 is 0 Å². The average molecular weight is 282 g/mol. The Labute approximate surface area is 124 Å². The summed E-state index contributed by atoms with van der Waals surface area (Å²) in [5, 5.41) is 20.2. The van der Waals surface area contributed by atoms with Gasteiger partial charge in [0.05, 0.1) is 6.61 Å². The summed E-state index contributed by atoms with van der Waals surface area (Å²) in [5.41, 5.74) is -0.392. The molecule has 0 aliphatic heterocycles. The number of Topliss-reactive ketones (excluding diaryl/α,β-unsaturated/α-hetero) is 1. The Kier molecular flexibility index (Phi) is 4.68. The number of rotatable bonds is 6. The summed E-state index contributed by atoms with van der Waals surface area (Å²) in [6.45, 7) is 3.43. The Morgan fingerprint density at radius 3 is 2.05 bits per heavy atom. The normalized spacial score (nSPS) is 13.4. The van der Waals surface area contributed by atoms with Gasteiger partial charge in [0.25, 0.3) is 0 Å². The predicted molar refractivity (Wildman–Crippen MR) is 82.0 cm³/mol. The van der Waals surface area contributed by atoms with E-state index in [1.165, 1.54) is 0 Å². The minimum Gasteiger partial charge on any atom is -0.392 e. The fourth-order valence-corrected chi connectivity index (χ4v) is 2.27. The average Bonchev–Trinajstić information content (AvgIpc) is 2.55. The quantitative estimate of drug-likeness (QED) is 0.632. The minimum atomic E-state index is -1.72. The van der Waals surface area contributed by atoms with E-state index in [4.69, 9.17) is 0 Å². The molecule has 0 aromatic heterocycles. The number of benzene rings is 2. The SMILES string of the molecule is C=C(CO)CC(O)(C(=O)c1ccccc1)c1ccccc1. The minimum absolute atomic E-state index is 0.0127. The molecular formula is C18H18O3. The maximum absolute atomic E-state index is 12.7. The largest absolute Gasteiger partial charge is 0.392 e. The number of hydrogen-bond acceptors (Lipinski definition) is 3. The lowest BCUT2D eigenvalue weighted by atomic mass is 9.81. The molecule has 0 saturated heterocycles. The molecule has 2 aromatic rings. The first-order valence-corrected chi connectivity index (χ1v) is 6.73. The van der Waals surface area contributed by atoms with E-state index in [9.17, 15) is 15.0 Å². The van der Waals surface area contributed by atoms with Gasteiger partial charge in [0.1, 0.15) is 0 Å². The molecule has 1 unspecified atom stereocenters. The molecule has 0 saturated carbocycles. The summed E-state index contributed by atoms with van der Waals surface area (Å²) in [6, 6.07) is 17.4. The van der Waals surface area contributed by atoms with Gasteiger partial charge in [-0.15, -0.1) is 0 Å². The van der Waals surface area contributed by atoms with Gasteiger partial charge in [-0.25, -0.2) is 0 Å². The fourth-order valence-electron chi connectivity index (χ4n) is 2.27.